The second-order valence-electron chi connectivity index (χ2n) is 6.11. The van der Waals surface area contributed by atoms with Gasteiger partial charge in [0.2, 0.25) is 11.8 Å². The fourth-order valence-electron chi connectivity index (χ4n) is 2.51. The molecule has 1 aliphatic rings. The third kappa shape index (κ3) is 3.94. The molecule has 0 saturated heterocycles. The van der Waals surface area contributed by atoms with Gasteiger partial charge in [-0.2, -0.15) is 0 Å². The first-order valence-corrected chi connectivity index (χ1v) is 7.98. The maximum atomic E-state index is 12.6. The molecule has 0 radical (unpaired) electrons. The largest absolute Gasteiger partial charge is 0.497 e. The predicted octanol–water partition coefficient (Wildman–Crippen LogP) is 2.00. The van der Waals surface area contributed by atoms with Gasteiger partial charge >= 0.3 is 0 Å². The second-order valence-corrected chi connectivity index (χ2v) is 6.11. The van der Waals surface area contributed by atoms with Crippen molar-refractivity contribution >= 4 is 23.2 Å². The summed E-state index contributed by atoms with van der Waals surface area (Å²) in [6, 6.07) is 5.12. The lowest BCUT2D eigenvalue weighted by Crippen LogP contribution is -2.50. The Hall–Kier alpha value is -2.24. The molecule has 1 aliphatic heterocycles. The molecule has 0 aromatic heterocycles. The summed E-state index contributed by atoms with van der Waals surface area (Å²) in [5.74, 6) is 0.859. The highest BCUT2D eigenvalue weighted by atomic mass is 16.5. The average Bonchev–Trinajstić information content (AvgIpc) is 2.54. The number of methoxy groups -OCH3 is 1. The van der Waals surface area contributed by atoms with Gasteiger partial charge in [0.05, 0.1) is 18.5 Å². The molecule has 2 rings (SSSR count). The van der Waals surface area contributed by atoms with Crippen LogP contribution in [0.25, 0.3) is 0 Å². The molecule has 2 N–H and O–H groups in total. The molecular weight excluding hydrogens is 294 g/mol. The molecule has 23 heavy (non-hydrogen) atoms. The van der Waals surface area contributed by atoms with Crippen LogP contribution in [0.1, 0.15) is 27.2 Å². The van der Waals surface area contributed by atoms with Crippen molar-refractivity contribution in [1.82, 2.24) is 5.32 Å². The molecule has 6 nitrogen and oxygen atoms in total. The van der Waals surface area contributed by atoms with E-state index in [0.29, 0.717) is 30.3 Å². The van der Waals surface area contributed by atoms with E-state index in [9.17, 15) is 9.59 Å². The van der Waals surface area contributed by atoms with Gasteiger partial charge in [-0.3, -0.25) is 14.5 Å². The second kappa shape index (κ2) is 7.35. The summed E-state index contributed by atoms with van der Waals surface area (Å²) < 4.78 is 5.23. The van der Waals surface area contributed by atoms with E-state index in [1.807, 2.05) is 26.8 Å². The van der Waals surface area contributed by atoms with Gasteiger partial charge in [0.25, 0.3) is 0 Å². The van der Waals surface area contributed by atoms with Crippen molar-refractivity contribution in [3.05, 3.63) is 18.2 Å². The zero-order valence-electron chi connectivity index (χ0n) is 14.2. The van der Waals surface area contributed by atoms with E-state index >= 15 is 0 Å². The van der Waals surface area contributed by atoms with Crippen LogP contribution in [0.4, 0.5) is 11.4 Å². The molecule has 0 spiro atoms. The third-order valence-electron chi connectivity index (χ3n) is 3.81. The van der Waals surface area contributed by atoms with E-state index in [0.717, 1.165) is 5.69 Å². The minimum atomic E-state index is -0.326. The highest BCUT2D eigenvalue weighted by molar-refractivity contribution is 6.08. The topological polar surface area (TPSA) is 70.7 Å². The first kappa shape index (κ1) is 17.1. The maximum absolute atomic E-state index is 12.6. The van der Waals surface area contributed by atoms with E-state index in [1.54, 1.807) is 24.1 Å². The van der Waals surface area contributed by atoms with Gasteiger partial charge in [-0.1, -0.05) is 20.8 Å². The summed E-state index contributed by atoms with van der Waals surface area (Å²) in [5, 5.41) is 6.08. The number of carbonyl (C=O) groups is 2. The smallest absolute Gasteiger partial charge is 0.250 e. The average molecular weight is 319 g/mol. The Morgan fingerprint density at radius 1 is 1.43 bits per heavy atom. The normalized spacial score (nSPS) is 16.8. The van der Waals surface area contributed by atoms with Crippen LogP contribution in [0.3, 0.4) is 0 Å². The molecule has 0 fully saturated rings. The molecule has 1 atom stereocenters. The molecule has 2 amide bonds. The summed E-state index contributed by atoms with van der Waals surface area (Å²) in [5.41, 5.74) is 1.52. The molecule has 1 unspecified atom stereocenters. The van der Waals surface area contributed by atoms with Gasteiger partial charge < -0.3 is 15.4 Å². The highest BCUT2D eigenvalue weighted by Gasteiger charge is 2.32. The number of nitrogens with zero attached hydrogens (tertiary/aromatic N) is 1. The Labute approximate surface area is 137 Å². The number of ether oxygens (including phenoxy) is 1. The summed E-state index contributed by atoms with van der Waals surface area (Å²) >= 11 is 0. The van der Waals surface area contributed by atoms with Crippen molar-refractivity contribution in [3.8, 4) is 5.75 Å². The van der Waals surface area contributed by atoms with E-state index in [4.69, 9.17) is 4.74 Å². The Balaban J connectivity index is 2.23. The Morgan fingerprint density at radius 3 is 2.78 bits per heavy atom. The van der Waals surface area contributed by atoms with E-state index in [-0.39, 0.29) is 24.4 Å². The molecule has 1 aromatic rings. The summed E-state index contributed by atoms with van der Waals surface area (Å²) in [6.45, 7) is 6.64. The molecule has 0 aliphatic carbocycles. The first-order valence-electron chi connectivity index (χ1n) is 7.98. The lowest BCUT2D eigenvalue weighted by atomic mass is 10.1. The number of hydrogen-bond acceptors (Lipinski definition) is 4. The lowest BCUT2D eigenvalue weighted by Gasteiger charge is -2.34. The lowest BCUT2D eigenvalue weighted by molar-refractivity contribution is -0.124. The van der Waals surface area contributed by atoms with Crippen LogP contribution in [0, 0.1) is 5.92 Å². The molecule has 0 saturated carbocycles. The third-order valence-corrected chi connectivity index (χ3v) is 3.81. The minimum absolute atomic E-state index is 0.0308. The van der Waals surface area contributed by atoms with Crippen LogP contribution >= 0.6 is 0 Å². The summed E-state index contributed by atoms with van der Waals surface area (Å²) in [7, 11) is 1.60. The zero-order chi connectivity index (χ0) is 17.0. The van der Waals surface area contributed by atoms with Crippen LogP contribution in [-0.2, 0) is 9.59 Å². The van der Waals surface area contributed by atoms with Crippen molar-refractivity contribution in [2.75, 3.05) is 30.4 Å². The molecule has 6 heteroatoms. The van der Waals surface area contributed by atoms with E-state index < -0.39 is 0 Å². The van der Waals surface area contributed by atoms with Crippen LogP contribution in [0.2, 0.25) is 0 Å². The van der Waals surface area contributed by atoms with Crippen molar-refractivity contribution < 1.29 is 14.3 Å². The number of nitrogens with one attached hydrogen (secondary N) is 2. The first-order chi connectivity index (χ1) is 11.0. The van der Waals surface area contributed by atoms with Gasteiger partial charge in [0.15, 0.2) is 0 Å². The number of anilines is 2. The van der Waals surface area contributed by atoms with E-state index in [1.165, 1.54) is 0 Å². The Morgan fingerprint density at radius 2 is 2.17 bits per heavy atom. The van der Waals surface area contributed by atoms with Crippen LogP contribution < -0.4 is 20.3 Å². The summed E-state index contributed by atoms with van der Waals surface area (Å²) in [4.78, 5) is 26.3. The van der Waals surface area contributed by atoms with Gasteiger partial charge in [-0.05, 0) is 24.5 Å². The maximum Gasteiger partial charge on any atom is 0.250 e. The van der Waals surface area contributed by atoms with Gasteiger partial charge in [-0.25, -0.2) is 0 Å². The van der Waals surface area contributed by atoms with Crippen LogP contribution in [0.5, 0.6) is 5.75 Å². The molecule has 126 valence electrons. The number of fused-ring (bicyclic) bond motifs is 1. The molecular formula is C17H25N3O3. The summed E-state index contributed by atoms with van der Waals surface area (Å²) in [6.07, 6.45) is 0.652. The monoisotopic (exact) mass is 319 g/mol. The Kier molecular flexibility index (Phi) is 5.47. The number of benzene rings is 1. The van der Waals surface area contributed by atoms with Crippen molar-refractivity contribution in [2.45, 2.75) is 33.2 Å². The number of amides is 2. The number of hydrogen-bond donors (Lipinski definition) is 2. The fourth-order valence-corrected chi connectivity index (χ4v) is 2.51. The molecule has 1 aromatic carbocycles. The van der Waals surface area contributed by atoms with Gasteiger partial charge in [0, 0.05) is 12.6 Å². The van der Waals surface area contributed by atoms with Gasteiger partial charge in [0.1, 0.15) is 18.3 Å². The molecule has 0 bridgehead atoms. The van der Waals surface area contributed by atoms with E-state index in [2.05, 4.69) is 10.6 Å². The van der Waals surface area contributed by atoms with Crippen molar-refractivity contribution in [3.63, 3.8) is 0 Å². The standard InChI is InChI=1S/C17H25N3O3/c1-5-13-17(22)20(10-16(21)18-9-11(2)3)15-7-6-12(23-4)8-14(15)19-13/h6-8,11,13,19H,5,9-10H2,1-4H3,(H,18,21). The number of carbonyl (C=O) groups excluding carboxylic acids is 2. The predicted molar refractivity (Wildman–Crippen MR) is 90.9 cm³/mol. The Bertz CT molecular complexity index is 586. The van der Waals surface area contributed by atoms with Crippen LogP contribution in [-0.4, -0.2) is 38.1 Å². The highest BCUT2D eigenvalue weighted by Crippen LogP contribution is 2.35. The molecule has 1 heterocycles. The zero-order valence-corrected chi connectivity index (χ0v) is 14.2. The fraction of sp³-hybridized carbons (Fsp3) is 0.529. The van der Waals surface area contributed by atoms with Crippen LogP contribution in [0.15, 0.2) is 18.2 Å². The quantitative estimate of drug-likeness (QED) is 0.841. The van der Waals surface area contributed by atoms with Gasteiger partial charge in [-0.15, -0.1) is 0 Å². The minimum Gasteiger partial charge on any atom is -0.497 e. The van der Waals surface area contributed by atoms with Crippen molar-refractivity contribution in [1.29, 1.82) is 0 Å². The van der Waals surface area contributed by atoms with Crippen molar-refractivity contribution in [2.24, 2.45) is 5.92 Å². The SMILES string of the molecule is CCC1Nc2cc(OC)ccc2N(CC(=O)NCC(C)C)C1=O. The number of rotatable bonds is 6.